The Morgan fingerprint density at radius 1 is 1.52 bits per heavy atom. The molecule has 4 nitrogen and oxygen atoms in total. The number of nitrogens with zero attached hydrogens (tertiary/aromatic N) is 2. The maximum atomic E-state index is 12.6. The number of anilines is 1. The molecule has 0 bridgehead atoms. The highest BCUT2D eigenvalue weighted by Gasteiger charge is 2.35. The van der Waals surface area contributed by atoms with Crippen molar-refractivity contribution >= 4 is 23.4 Å². The Morgan fingerprint density at radius 3 is 2.67 bits per heavy atom. The SMILES string of the molecule is CCOC(=O)CN(c1ncc(C(F)(F)F)cc1Cl)C1CC1. The Bertz CT molecular complexity index is 533. The van der Waals surface area contributed by atoms with E-state index in [-0.39, 0.29) is 30.0 Å². The van der Waals surface area contributed by atoms with E-state index in [2.05, 4.69) is 4.98 Å². The van der Waals surface area contributed by atoms with Crippen molar-refractivity contribution in [2.45, 2.75) is 32.0 Å². The molecule has 1 heterocycles. The maximum absolute atomic E-state index is 12.6. The van der Waals surface area contributed by atoms with Crippen molar-refractivity contribution in [1.29, 1.82) is 0 Å². The summed E-state index contributed by atoms with van der Waals surface area (Å²) in [5, 5.41) is -0.124. The van der Waals surface area contributed by atoms with E-state index >= 15 is 0 Å². The van der Waals surface area contributed by atoms with E-state index in [4.69, 9.17) is 16.3 Å². The highest BCUT2D eigenvalue weighted by Crippen LogP contribution is 2.37. The van der Waals surface area contributed by atoms with Crippen LogP contribution in [-0.2, 0) is 15.7 Å². The Kier molecular flexibility index (Phi) is 4.61. The van der Waals surface area contributed by atoms with E-state index in [0.717, 1.165) is 25.1 Å². The number of ether oxygens (including phenoxy) is 1. The van der Waals surface area contributed by atoms with Gasteiger partial charge in [0.15, 0.2) is 0 Å². The van der Waals surface area contributed by atoms with Crippen LogP contribution in [-0.4, -0.2) is 30.1 Å². The summed E-state index contributed by atoms with van der Waals surface area (Å²) in [4.78, 5) is 17.0. The predicted octanol–water partition coefficient (Wildman–Crippen LogP) is 3.29. The van der Waals surface area contributed by atoms with Gasteiger partial charge in [0, 0.05) is 12.2 Å². The molecule has 0 spiro atoms. The number of carbonyl (C=O) groups is 1. The number of alkyl halides is 3. The van der Waals surface area contributed by atoms with E-state index in [0.29, 0.717) is 0 Å². The zero-order valence-electron chi connectivity index (χ0n) is 11.3. The fourth-order valence-electron chi connectivity index (χ4n) is 1.91. The topological polar surface area (TPSA) is 42.4 Å². The van der Waals surface area contributed by atoms with Crippen molar-refractivity contribution in [3.8, 4) is 0 Å². The smallest absolute Gasteiger partial charge is 0.417 e. The van der Waals surface area contributed by atoms with Crippen LogP contribution in [0.2, 0.25) is 5.02 Å². The molecule has 0 atom stereocenters. The van der Waals surface area contributed by atoms with Crippen molar-refractivity contribution in [1.82, 2.24) is 4.98 Å². The van der Waals surface area contributed by atoms with Gasteiger partial charge in [-0.1, -0.05) is 11.6 Å². The second kappa shape index (κ2) is 6.09. The number of halogens is 4. The molecule has 0 amide bonds. The molecule has 1 aromatic heterocycles. The number of carbonyl (C=O) groups excluding carboxylic acids is 1. The van der Waals surface area contributed by atoms with Crippen LogP contribution in [0.5, 0.6) is 0 Å². The number of aromatic nitrogens is 1. The second-order valence-electron chi connectivity index (χ2n) is 4.69. The molecule has 1 saturated carbocycles. The van der Waals surface area contributed by atoms with Gasteiger partial charge in [-0.25, -0.2) is 4.98 Å². The molecule has 1 aliphatic carbocycles. The van der Waals surface area contributed by atoms with Crippen molar-refractivity contribution in [2.24, 2.45) is 0 Å². The number of esters is 1. The summed E-state index contributed by atoms with van der Waals surface area (Å²) in [5.74, 6) is -0.276. The summed E-state index contributed by atoms with van der Waals surface area (Å²) >= 11 is 5.91. The van der Waals surface area contributed by atoms with Gasteiger partial charge >= 0.3 is 12.1 Å². The molecule has 1 aromatic rings. The molecule has 8 heteroatoms. The van der Waals surface area contributed by atoms with Gasteiger partial charge in [0.2, 0.25) is 0 Å². The average Bonchev–Trinajstić information content (AvgIpc) is 3.19. The van der Waals surface area contributed by atoms with E-state index in [1.165, 1.54) is 0 Å². The third kappa shape index (κ3) is 4.00. The summed E-state index contributed by atoms with van der Waals surface area (Å²) < 4.78 is 42.6. The third-order valence-corrected chi connectivity index (χ3v) is 3.29. The fraction of sp³-hybridized carbons (Fsp3) is 0.538. The van der Waals surface area contributed by atoms with Gasteiger partial charge in [0.25, 0.3) is 0 Å². The quantitative estimate of drug-likeness (QED) is 0.780. The lowest BCUT2D eigenvalue weighted by Crippen LogP contribution is -2.34. The molecule has 2 rings (SSSR count). The van der Waals surface area contributed by atoms with Crippen LogP contribution in [0.3, 0.4) is 0 Å². The molecule has 0 N–H and O–H groups in total. The van der Waals surface area contributed by atoms with E-state index in [9.17, 15) is 18.0 Å². The monoisotopic (exact) mass is 322 g/mol. The first-order valence-corrected chi connectivity index (χ1v) is 6.85. The molecule has 116 valence electrons. The molecular formula is C13H14ClF3N2O2. The maximum Gasteiger partial charge on any atom is 0.417 e. The standard InChI is InChI=1S/C13H14ClF3N2O2/c1-2-21-11(20)7-19(9-3-4-9)12-10(14)5-8(6-18-12)13(15,16)17/h5-6,9H,2-4,7H2,1H3. The molecule has 21 heavy (non-hydrogen) atoms. The predicted molar refractivity (Wildman–Crippen MR) is 71.3 cm³/mol. The van der Waals surface area contributed by atoms with Gasteiger partial charge in [-0.2, -0.15) is 13.2 Å². The van der Waals surface area contributed by atoms with Crippen LogP contribution in [0.4, 0.5) is 19.0 Å². The van der Waals surface area contributed by atoms with Crippen molar-refractivity contribution in [3.05, 3.63) is 22.8 Å². The zero-order valence-corrected chi connectivity index (χ0v) is 12.0. The Labute approximate surface area is 124 Å². The molecule has 1 fully saturated rings. The van der Waals surface area contributed by atoms with Gasteiger partial charge in [0.1, 0.15) is 12.4 Å². The van der Waals surface area contributed by atoms with Gasteiger partial charge in [-0.05, 0) is 25.8 Å². The third-order valence-electron chi connectivity index (χ3n) is 3.01. The molecule has 0 unspecified atom stereocenters. The fourth-order valence-corrected chi connectivity index (χ4v) is 2.18. The first kappa shape index (κ1) is 15.9. The lowest BCUT2D eigenvalue weighted by molar-refractivity contribution is -0.141. The molecule has 0 aromatic carbocycles. The molecule has 0 radical (unpaired) electrons. The minimum absolute atomic E-state index is 0.0659. The summed E-state index contributed by atoms with van der Waals surface area (Å²) in [7, 11) is 0. The largest absolute Gasteiger partial charge is 0.465 e. The van der Waals surface area contributed by atoms with E-state index in [1.54, 1.807) is 11.8 Å². The minimum atomic E-state index is -4.50. The highest BCUT2D eigenvalue weighted by atomic mass is 35.5. The van der Waals surface area contributed by atoms with Crippen LogP contribution in [0.1, 0.15) is 25.3 Å². The van der Waals surface area contributed by atoms with E-state index in [1.807, 2.05) is 0 Å². The molecular weight excluding hydrogens is 309 g/mol. The number of hydrogen-bond acceptors (Lipinski definition) is 4. The Balaban J connectivity index is 2.23. The van der Waals surface area contributed by atoms with Crippen LogP contribution < -0.4 is 4.90 Å². The van der Waals surface area contributed by atoms with Gasteiger partial charge in [-0.3, -0.25) is 4.79 Å². The van der Waals surface area contributed by atoms with Gasteiger partial charge in [-0.15, -0.1) is 0 Å². The number of hydrogen-bond donors (Lipinski definition) is 0. The normalized spacial score (nSPS) is 14.9. The molecule has 1 aliphatic rings. The zero-order chi connectivity index (χ0) is 15.6. The van der Waals surface area contributed by atoms with Gasteiger partial charge < -0.3 is 9.64 Å². The minimum Gasteiger partial charge on any atom is -0.465 e. The van der Waals surface area contributed by atoms with Crippen molar-refractivity contribution in [2.75, 3.05) is 18.1 Å². The van der Waals surface area contributed by atoms with Crippen molar-refractivity contribution in [3.63, 3.8) is 0 Å². The molecule has 0 aliphatic heterocycles. The van der Waals surface area contributed by atoms with Gasteiger partial charge in [0.05, 0.1) is 17.2 Å². The lowest BCUT2D eigenvalue weighted by Gasteiger charge is -2.23. The first-order valence-electron chi connectivity index (χ1n) is 6.48. The lowest BCUT2D eigenvalue weighted by atomic mass is 10.2. The van der Waals surface area contributed by atoms with E-state index < -0.39 is 17.7 Å². The van der Waals surface area contributed by atoms with Crippen LogP contribution in [0.25, 0.3) is 0 Å². The number of rotatable bonds is 5. The second-order valence-corrected chi connectivity index (χ2v) is 5.10. The Hall–Kier alpha value is -1.50. The Morgan fingerprint density at radius 2 is 2.19 bits per heavy atom. The van der Waals surface area contributed by atoms with Crippen LogP contribution in [0, 0.1) is 0 Å². The summed E-state index contributed by atoms with van der Waals surface area (Å²) in [6, 6.07) is 0.890. The summed E-state index contributed by atoms with van der Waals surface area (Å²) in [6.45, 7) is 1.85. The van der Waals surface area contributed by atoms with Crippen LogP contribution >= 0.6 is 11.6 Å². The summed E-state index contributed by atoms with van der Waals surface area (Å²) in [5.41, 5.74) is -0.914. The van der Waals surface area contributed by atoms with Crippen LogP contribution in [0.15, 0.2) is 12.3 Å². The average molecular weight is 323 g/mol. The van der Waals surface area contributed by atoms with Crippen molar-refractivity contribution < 1.29 is 22.7 Å². The highest BCUT2D eigenvalue weighted by molar-refractivity contribution is 6.33. The summed E-state index contributed by atoms with van der Waals surface area (Å²) in [6.07, 6.45) is -2.08. The number of pyridine rings is 1. The first-order chi connectivity index (χ1) is 9.82. The molecule has 0 saturated heterocycles.